The maximum atomic E-state index is 9.89. The van der Waals surface area contributed by atoms with Crippen LogP contribution in [-0.4, -0.2) is 31.0 Å². The lowest BCUT2D eigenvalue weighted by atomic mass is 9.76. The van der Waals surface area contributed by atoms with E-state index in [-0.39, 0.29) is 6.10 Å². The summed E-state index contributed by atoms with van der Waals surface area (Å²) in [7, 11) is 1.91. The van der Waals surface area contributed by atoms with Gasteiger partial charge in [0.2, 0.25) is 0 Å². The van der Waals surface area contributed by atoms with Crippen LogP contribution in [0.3, 0.4) is 0 Å². The summed E-state index contributed by atoms with van der Waals surface area (Å²) >= 11 is 0. The average molecular weight is 428 g/mol. The van der Waals surface area contributed by atoms with Crippen molar-refractivity contribution in [1.82, 2.24) is 19.7 Å². The lowest BCUT2D eigenvalue weighted by molar-refractivity contribution is 0.0717. The van der Waals surface area contributed by atoms with Gasteiger partial charge in [0, 0.05) is 41.3 Å². The van der Waals surface area contributed by atoms with Crippen LogP contribution in [-0.2, 0) is 13.5 Å². The van der Waals surface area contributed by atoms with E-state index in [1.54, 1.807) is 10.9 Å². The third kappa shape index (κ3) is 3.78. The van der Waals surface area contributed by atoms with Crippen molar-refractivity contribution in [2.45, 2.75) is 51.6 Å². The number of aromatic amines is 1. The number of fused-ring (bicyclic) bond motifs is 3. The summed E-state index contributed by atoms with van der Waals surface area (Å²) < 4.78 is 1.80. The molecule has 164 valence electrons. The summed E-state index contributed by atoms with van der Waals surface area (Å²) in [5.74, 6) is 1.25. The lowest BCUT2D eigenvalue weighted by Gasteiger charge is -2.31. The maximum absolute atomic E-state index is 9.89. The van der Waals surface area contributed by atoms with Gasteiger partial charge in [0.25, 0.3) is 0 Å². The van der Waals surface area contributed by atoms with Crippen molar-refractivity contribution in [2.75, 3.05) is 0 Å². The Morgan fingerprint density at radius 1 is 1.25 bits per heavy atom. The van der Waals surface area contributed by atoms with E-state index < -0.39 is 0 Å². The molecule has 4 aromatic rings. The molecule has 32 heavy (non-hydrogen) atoms. The number of rotatable bonds is 5. The van der Waals surface area contributed by atoms with E-state index in [1.807, 2.05) is 19.4 Å². The van der Waals surface area contributed by atoms with Crippen LogP contribution >= 0.6 is 0 Å². The summed E-state index contributed by atoms with van der Waals surface area (Å²) in [4.78, 5) is 8.19. The zero-order valence-electron chi connectivity index (χ0n) is 18.7. The number of aryl methyl sites for hydroxylation is 2. The van der Waals surface area contributed by atoms with Gasteiger partial charge < -0.3 is 10.1 Å². The summed E-state index contributed by atoms with van der Waals surface area (Å²) in [5, 5.41) is 26.0. The molecule has 1 aliphatic carbocycles. The smallest absolute Gasteiger partial charge is 0.103 e. The zero-order chi connectivity index (χ0) is 22.2. The first kappa shape index (κ1) is 20.7. The van der Waals surface area contributed by atoms with E-state index in [0.29, 0.717) is 17.4 Å². The van der Waals surface area contributed by atoms with E-state index in [9.17, 15) is 10.4 Å². The van der Waals surface area contributed by atoms with Crippen LogP contribution in [0.2, 0.25) is 0 Å². The molecule has 1 aromatic carbocycles. The third-order valence-corrected chi connectivity index (χ3v) is 7.17. The SMILES string of the molecule is C[C@@H]1C[C@H](O)CCC1CCCc1ncc(C#N)c2[nH]c3cc(-c4cnn(C)c4)ccc3c12. The molecule has 3 heterocycles. The van der Waals surface area contributed by atoms with Crippen LogP contribution in [0.1, 0.15) is 50.3 Å². The lowest BCUT2D eigenvalue weighted by Crippen LogP contribution is -2.26. The molecule has 5 rings (SSSR count). The Morgan fingerprint density at radius 2 is 2.12 bits per heavy atom. The van der Waals surface area contributed by atoms with Gasteiger partial charge in [-0.1, -0.05) is 19.1 Å². The fraction of sp³-hybridized carbons (Fsp3) is 0.423. The number of H-pyrrole nitrogens is 1. The molecule has 2 N–H and O–H groups in total. The quantitative estimate of drug-likeness (QED) is 0.463. The highest BCUT2D eigenvalue weighted by atomic mass is 16.3. The topological polar surface area (TPSA) is 90.5 Å². The number of benzene rings is 1. The van der Waals surface area contributed by atoms with E-state index in [4.69, 9.17) is 4.98 Å². The second kappa shape index (κ2) is 8.40. The Morgan fingerprint density at radius 3 is 2.88 bits per heavy atom. The fourth-order valence-electron chi connectivity index (χ4n) is 5.39. The minimum absolute atomic E-state index is 0.121. The van der Waals surface area contributed by atoms with Crippen molar-refractivity contribution in [1.29, 1.82) is 5.26 Å². The number of pyridine rings is 1. The molecule has 0 spiro atoms. The van der Waals surface area contributed by atoms with Crippen LogP contribution in [0.25, 0.3) is 32.9 Å². The average Bonchev–Trinajstić information content (AvgIpc) is 3.38. The van der Waals surface area contributed by atoms with Gasteiger partial charge in [-0.2, -0.15) is 10.4 Å². The van der Waals surface area contributed by atoms with Crippen LogP contribution in [0, 0.1) is 23.2 Å². The molecule has 1 saturated carbocycles. The maximum Gasteiger partial charge on any atom is 0.103 e. The highest BCUT2D eigenvalue weighted by Gasteiger charge is 2.26. The molecule has 6 heteroatoms. The van der Waals surface area contributed by atoms with Crippen LogP contribution < -0.4 is 0 Å². The molecule has 0 radical (unpaired) electrons. The molecule has 0 amide bonds. The highest BCUT2D eigenvalue weighted by Crippen LogP contribution is 2.35. The van der Waals surface area contributed by atoms with Crippen LogP contribution in [0.5, 0.6) is 0 Å². The normalized spacial score (nSPS) is 21.2. The van der Waals surface area contributed by atoms with Gasteiger partial charge in [-0.3, -0.25) is 9.67 Å². The molecular formula is C26H29N5O. The molecule has 3 atom stereocenters. The summed E-state index contributed by atoms with van der Waals surface area (Å²) in [6, 6.07) is 8.67. The van der Waals surface area contributed by atoms with Crippen LogP contribution in [0.15, 0.2) is 36.8 Å². The van der Waals surface area contributed by atoms with Gasteiger partial charge in [-0.15, -0.1) is 0 Å². The Labute approximate surface area is 187 Å². The number of nitrogens with zero attached hydrogens (tertiary/aromatic N) is 4. The van der Waals surface area contributed by atoms with Gasteiger partial charge in [0.05, 0.1) is 29.1 Å². The first-order chi connectivity index (χ1) is 15.5. The van der Waals surface area contributed by atoms with E-state index in [1.165, 1.54) is 0 Å². The fourth-order valence-corrected chi connectivity index (χ4v) is 5.39. The third-order valence-electron chi connectivity index (χ3n) is 7.17. The predicted molar refractivity (Wildman–Crippen MR) is 126 cm³/mol. The van der Waals surface area contributed by atoms with Gasteiger partial charge in [-0.05, 0) is 62.0 Å². The molecule has 3 aromatic heterocycles. The van der Waals surface area contributed by atoms with Crippen molar-refractivity contribution in [3.63, 3.8) is 0 Å². The summed E-state index contributed by atoms with van der Waals surface area (Å²) in [6.07, 6.45) is 11.5. The van der Waals surface area contributed by atoms with E-state index in [0.717, 1.165) is 77.2 Å². The molecule has 1 unspecified atom stereocenters. The molecule has 1 fully saturated rings. The Hall–Kier alpha value is -3.17. The Kier molecular flexibility index (Phi) is 5.44. The van der Waals surface area contributed by atoms with E-state index >= 15 is 0 Å². The highest BCUT2D eigenvalue weighted by molar-refractivity contribution is 6.10. The largest absolute Gasteiger partial charge is 0.393 e. The number of hydrogen-bond donors (Lipinski definition) is 2. The first-order valence-corrected chi connectivity index (χ1v) is 11.5. The summed E-state index contributed by atoms with van der Waals surface area (Å²) in [5.41, 5.74) is 5.70. The minimum Gasteiger partial charge on any atom is -0.393 e. The summed E-state index contributed by atoms with van der Waals surface area (Å²) in [6.45, 7) is 2.27. The van der Waals surface area contributed by atoms with Crippen molar-refractivity contribution in [3.8, 4) is 17.2 Å². The van der Waals surface area contributed by atoms with E-state index in [2.05, 4.69) is 41.3 Å². The molecule has 6 nitrogen and oxygen atoms in total. The minimum atomic E-state index is -0.121. The molecule has 0 saturated heterocycles. The monoisotopic (exact) mass is 427 g/mol. The number of nitriles is 1. The number of aliphatic hydroxyl groups is 1. The molecule has 0 bridgehead atoms. The first-order valence-electron chi connectivity index (χ1n) is 11.5. The van der Waals surface area contributed by atoms with Gasteiger partial charge in [0.15, 0.2) is 0 Å². The second-order valence-electron chi connectivity index (χ2n) is 9.36. The zero-order valence-corrected chi connectivity index (χ0v) is 18.7. The molecule has 1 aliphatic rings. The number of nitrogens with one attached hydrogen (secondary N) is 1. The number of hydrogen-bond acceptors (Lipinski definition) is 4. The molecular weight excluding hydrogens is 398 g/mol. The predicted octanol–water partition coefficient (Wildman–Crippen LogP) is 5.11. The van der Waals surface area contributed by atoms with Crippen molar-refractivity contribution < 1.29 is 5.11 Å². The van der Waals surface area contributed by atoms with Gasteiger partial charge >= 0.3 is 0 Å². The Balaban J connectivity index is 1.46. The van der Waals surface area contributed by atoms with Crippen molar-refractivity contribution in [2.24, 2.45) is 18.9 Å². The van der Waals surface area contributed by atoms with Crippen molar-refractivity contribution in [3.05, 3.63) is 48.0 Å². The van der Waals surface area contributed by atoms with Crippen molar-refractivity contribution >= 4 is 21.8 Å². The van der Waals surface area contributed by atoms with Crippen LogP contribution in [0.4, 0.5) is 0 Å². The Bertz CT molecular complexity index is 1310. The van der Waals surface area contributed by atoms with Gasteiger partial charge in [0.1, 0.15) is 6.07 Å². The molecule has 0 aliphatic heterocycles. The standard InChI is InChI=1S/C26H29N5O/c1-16-10-21(32)8-6-17(16)4-3-5-23-25-22-9-7-18(20-14-29-31(2)15-20)11-24(22)30-26(25)19(12-27)13-28-23/h7,9,11,13-17,21,30,32H,3-6,8,10H2,1-2H3/t16-,17?,21-/m1/s1. The number of aliphatic hydroxyl groups excluding tert-OH is 1. The second-order valence-corrected chi connectivity index (χ2v) is 9.36. The van der Waals surface area contributed by atoms with Gasteiger partial charge in [-0.25, -0.2) is 0 Å². The number of aromatic nitrogens is 4.